The van der Waals surface area contributed by atoms with Crippen LogP contribution in [0.1, 0.15) is 29.8 Å². The normalized spacial score (nSPS) is 11.9. The van der Waals surface area contributed by atoms with Crippen LogP contribution in [0.25, 0.3) is 0 Å². The number of aryl methyl sites for hydroxylation is 1. The van der Waals surface area contributed by atoms with Gasteiger partial charge in [-0.1, -0.05) is 42.8 Å². The van der Waals surface area contributed by atoms with Crippen molar-refractivity contribution >= 4 is 17.4 Å². The Balaban J connectivity index is 2.11. The summed E-state index contributed by atoms with van der Waals surface area (Å²) in [7, 11) is 0. The van der Waals surface area contributed by atoms with Gasteiger partial charge >= 0.3 is 0 Å². The Morgan fingerprint density at radius 3 is 2.65 bits per heavy atom. The third-order valence-electron chi connectivity index (χ3n) is 3.10. The second-order valence-electron chi connectivity index (χ2n) is 4.64. The van der Waals surface area contributed by atoms with E-state index in [-0.39, 0.29) is 5.78 Å². The van der Waals surface area contributed by atoms with Gasteiger partial charge in [0, 0.05) is 10.6 Å². The molecule has 104 valence electrons. The fourth-order valence-corrected chi connectivity index (χ4v) is 2.16. The van der Waals surface area contributed by atoms with E-state index in [0.717, 1.165) is 6.42 Å². The lowest BCUT2D eigenvalue weighted by molar-refractivity contribution is 0.0818. The standard InChI is InChI=1S/C17H17ClO2/c1-3-13-6-4-9-16(10-13)20-12(2)17(19)14-7-5-8-15(18)11-14/h4-12H,3H2,1-2H3. The maximum Gasteiger partial charge on any atom is 0.203 e. The SMILES string of the molecule is CCc1cccc(OC(C)C(=O)c2cccc(Cl)c2)c1. The zero-order valence-corrected chi connectivity index (χ0v) is 12.4. The molecule has 0 heterocycles. The maximum atomic E-state index is 12.3. The average molecular weight is 289 g/mol. The first-order valence-electron chi connectivity index (χ1n) is 6.65. The highest BCUT2D eigenvalue weighted by atomic mass is 35.5. The summed E-state index contributed by atoms with van der Waals surface area (Å²) in [5.74, 6) is 0.640. The van der Waals surface area contributed by atoms with Gasteiger partial charge in [-0.05, 0) is 43.2 Å². The Morgan fingerprint density at radius 1 is 1.20 bits per heavy atom. The van der Waals surface area contributed by atoms with Crippen molar-refractivity contribution in [1.82, 2.24) is 0 Å². The number of benzene rings is 2. The minimum absolute atomic E-state index is 0.0746. The topological polar surface area (TPSA) is 26.3 Å². The van der Waals surface area contributed by atoms with Crippen LogP contribution in [-0.2, 0) is 6.42 Å². The molecule has 0 N–H and O–H groups in total. The summed E-state index contributed by atoms with van der Waals surface area (Å²) in [6.45, 7) is 3.83. The Labute approximate surface area is 124 Å². The summed E-state index contributed by atoms with van der Waals surface area (Å²) in [5.41, 5.74) is 1.75. The Bertz CT molecular complexity index is 607. The fourth-order valence-electron chi connectivity index (χ4n) is 1.97. The van der Waals surface area contributed by atoms with Crippen LogP contribution in [0.5, 0.6) is 5.75 Å². The lowest BCUT2D eigenvalue weighted by Gasteiger charge is -2.14. The van der Waals surface area contributed by atoms with Gasteiger partial charge in [0.15, 0.2) is 6.10 Å². The van der Waals surface area contributed by atoms with Crippen molar-refractivity contribution in [3.63, 3.8) is 0 Å². The van der Waals surface area contributed by atoms with Crippen LogP contribution < -0.4 is 4.74 Å². The molecule has 3 heteroatoms. The van der Waals surface area contributed by atoms with Crippen LogP contribution in [0, 0.1) is 0 Å². The summed E-state index contributed by atoms with van der Waals surface area (Å²) in [5, 5.41) is 0.552. The van der Waals surface area contributed by atoms with E-state index in [2.05, 4.69) is 6.92 Å². The maximum absolute atomic E-state index is 12.3. The highest BCUT2D eigenvalue weighted by molar-refractivity contribution is 6.31. The van der Waals surface area contributed by atoms with Gasteiger partial charge in [0.1, 0.15) is 5.75 Å². The van der Waals surface area contributed by atoms with Crippen molar-refractivity contribution in [2.45, 2.75) is 26.4 Å². The molecule has 0 aromatic heterocycles. The molecule has 2 rings (SSSR count). The molecule has 2 nitrogen and oxygen atoms in total. The first-order valence-corrected chi connectivity index (χ1v) is 7.03. The fraction of sp³-hybridized carbons (Fsp3) is 0.235. The second-order valence-corrected chi connectivity index (χ2v) is 5.07. The van der Waals surface area contributed by atoms with E-state index in [4.69, 9.17) is 16.3 Å². The molecule has 0 aliphatic rings. The van der Waals surface area contributed by atoms with Crippen LogP contribution in [-0.4, -0.2) is 11.9 Å². The van der Waals surface area contributed by atoms with Crippen molar-refractivity contribution in [1.29, 1.82) is 0 Å². The van der Waals surface area contributed by atoms with Crippen molar-refractivity contribution in [2.75, 3.05) is 0 Å². The second kappa shape index (κ2) is 6.58. The molecule has 0 amide bonds. The molecular formula is C17H17ClO2. The number of carbonyl (C=O) groups excluding carboxylic acids is 1. The van der Waals surface area contributed by atoms with Gasteiger partial charge in [-0.2, -0.15) is 0 Å². The number of Topliss-reactive ketones (excluding diaryl/α,β-unsaturated/α-hetero) is 1. The van der Waals surface area contributed by atoms with E-state index in [1.54, 1.807) is 31.2 Å². The Kier molecular flexibility index (Phi) is 4.80. The molecule has 1 atom stereocenters. The van der Waals surface area contributed by atoms with Gasteiger partial charge < -0.3 is 4.74 Å². The number of ether oxygens (including phenoxy) is 1. The minimum atomic E-state index is -0.541. The van der Waals surface area contributed by atoms with E-state index in [9.17, 15) is 4.79 Å². The lowest BCUT2D eigenvalue weighted by atomic mass is 10.1. The van der Waals surface area contributed by atoms with Gasteiger partial charge in [-0.25, -0.2) is 0 Å². The van der Waals surface area contributed by atoms with E-state index in [1.165, 1.54) is 5.56 Å². The van der Waals surface area contributed by atoms with Crippen LogP contribution in [0.15, 0.2) is 48.5 Å². The summed E-state index contributed by atoms with van der Waals surface area (Å²) in [6, 6.07) is 14.7. The Hall–Kier alpha value is -1.80. The molecule has 2 aromatic carbocycles. The van der Waals surface area contributed by atoms with E-state index < -0.39 is 6.10 Å². The molecular weight excluding hydrogens is 272 g/mol. The number of hydrogen-bond donors (Lipinski definition) is 0. The van der Waals surface area contributed by atoms with Crippen LogP contribution in [0.3, 0.4) is 0 Å². The molecule has 0 saturated carbocycles. The number of halogens is 1. The highest BCUT2D eigenvalue weighted by Crippen LogP contribution is 2.18. The van der Waals surface area contributed by atoms with E-state index >= 15 is 0 Å². The molecule has 2 aromatic rings. The molecule has 0 bridgehead atoms. The van der Waals surface area contributed by atoms with Crippen LogP contribution in [0.4, 0.5) is 0 Å². The van der Waals surface area contributed by atoms with Gasteiger partial charge in [-0.15, -0.1) is 0 Å². The highest BCUT2D eigenvalue weighted by Gasteiger charge is 2.17. The van der Waals surface area contributed by atoms with Gasteiger partial charge in [0.25, 0.3) is 0 Å². The molecule has 1 unspecified atom stereocenters. The summed E-state index contributed by atoms with van der Waals surface area (Å²) in [6.07, 6.45) is 0.397. The molecule has 20 heavy (non-hydrogen) atoms. The number of carbonyl (C=O) groups is 1. The number of ketones is 1. The largest absolute Gasteiger partial charge is 0.483 e. The zero-order chi connectivity index (χ0) is 14.5. The zero-order valence-electron chi connectivity index (χ0n) is 11.6. The van der Waals surface area contributed by atoms with Crippen molar-refractivity contribution < 1.29 is 9.53 Å². The monoisotopic (exact) mass is 288 g/mol. The lowest BCUT2D eigenvalue weighted by Crippen LogP contribution is -2.23. The van der Waals surface area contributed by atoms with Gasteiger partial charge in [0.05, 0.1) is 0 Å². The molecule has 0 fully saturated rings. The van der Waals surface area contributed by atoms with Crippen molar-refractivity contribution in [3.05, 3.63) is 64.7 Å². The quantitative estimate of drug-likeness (QED) is 0.754. The predicted molar refractivity (Wildman–Crippen MR) is 81.7 cm³/mol. The van der Waals surface area contributed by atoms with Crippen LogP contribution >= 0.6 is 11.6 Å². The van der Waals surface area contributed by atoms with E-state index in [1.807, 2.05) is 24.3 Å². The minimum Gasteiger partial charge on any atom is -0.483 e. The smallest absolute Gasteiger partial charge is 0.203 e. The number of hydrogen-bond acceptors (Lipinski definition) is 2. The van der Waals surface area contributed by atoms with Crippen molar-refractivity contribution in [3.8, 4) is 5.75 Å². The van der Waals surface area contributed by atoms with Gasteiger partial charge in [-0.3, -0.25) is 4.79 Å². The summed E-state index contributed by atoms with van der Waals surface area (Å²) in [4.78, 5) is 12.3. The first-order chi connectivity index (χ1) is 9.60. The van der Waals surface area contributed by atoms with Crippen molar-refractivity contribution in [2.24, 2.45) is 0 Å². The molecule has 0 radical (unpaired) electrons. The average Bonchev–Trinajstić information content (AvgIpc) is 2.46. The van der Waals surface area contributed by atoms with Gasteiger partial charge in [0.2, 0.25) is 5.78 Å². The predicted octanol–water partition coefficient (Wildman–Crippen LogP) is 4.55. The first kappa shape index (κ1) is 14.6. The Morgan fingerprint density at radius 2 is 1.95 bits per heavy atom. The molecule has 0 spiro atoms. The van der Waals surface area contributed by atoms with Crippen LogP contribution in [0.2, 0.25) is 5.02 Å². The summed E-state index contributed by atoms with van der Waals surface area (Å²) < 4.78 is 5.72. The van der Waals surface area contributed by atoms with E-state index in [0.29, 0.717) is 16.3 Å². The third-order valence-corrected chi connectivity index (χ3v) is 3.33. The third kappa shape index (κ3) is 3.61. The number of rotatable bonds is 5. The molecule has 0 aliphatic heterocycles. The molecule has 0 saturated heterocycles. The summed E-state index contributed by atoms with van der Waals surface area (Å²) >= 11 is 5.90. The molecule has 0 aliphatic carbocycles.